The number of carbonyl (C=O) groups is 1. The molecule has 0 bridgehead atoms. The van der Waals surface area contributed by atoms with Crippen molar-refractivity contribution in [1.29, 1.82) is 0 Å². The number of rotatable bonds is 4. The number of hydrogen-bond acceptors (Lipinski definition) is 4. The van der Waals surface area contributed by atoms with E-state index in [1.54, 1.807) is 31.4 Å². The first-order valence-electron chi connectivity index (χ1n) is 6.63. The van der Waals surface area contributed by atoms with Crippen LogP contribution < -0.4 is 14.2 Å². The second-order valence-electron chi connectivity index (χ2n) is 4.66. The lowest BCUT2D eigenvalue weighted by Gasteiger charge is -2.05. The lowest BCUT2D eigenvalue weighted by molar-refractivity contribution is 0.104. The molecule has 1 heterocycles. The molecule has 2 aromatic rings. The zero-order valence-electron chi connectivity index (χ0n) is 11.8. The Bertz CT molecular complexity index is 752. The van der Waals surface area contributed by atoms with E-state index in [0.29, 0.717) is 22.8 Å². The van der Waals surface area contributed by atoms with E-state index in [-0.39, 0.29) is 12.6 Å². The van der Waals surface area contributed by atoms with E-state index in [1.165, 1.54) is 6.08 Å². The van der Waals surface area contributed by atoms with Crippen molar-refractivity contribution in [1.82, 2.24) is 0 Å². The van der Waals surface area contributed by atoms with Crippen molar-refractivity contribution in [2.24, 2.45) is 0 Å². The molecule has 3 rings (SSSR count). The lowest BCUT2D eigenvalue weighted by Crippen LogP contribution is -1.94. The van der Waals surface area contributed by atoms with Crippen LogP contribution in [0.1, 0.15) is 15.9 Å². The molecule has 0 saturated carbocycles. The zero-order valence-corrected chi connectivity index (χ0v) is 13.4. The topological polar surface area (TPSA) is 44.8 Å². The SMILES string of the molecule is COc1cc(/C=C/C(=O)c2cccc(Br)c2)cc2c1OCO2. The van der Waals surface area contributed by atoms with Crippen molar-refractivity contribution in [2.45, 2.75) is 0 Å². The van der Waals surface area contributed by atoms with Crippen LogP contribution in [0.4, 0.5) is 0 Å². The summed E-state index contributed by atoms with van der Waals surface area (Å²) < 4.78 is 16.8. The van der Waals surface area contributed by atoms with E-state index in [4.69, 9.17) is 14.2 Å². The number of benzene rings is 2. The van der Waals surface area contributed by atoms with Gasteiger partial charge in [0.2, 0.25) is 12.5 Å². The minimum atomic E-state index is -0.0714. The molecule has 1 aliphatic rings. The Morgan fingerprint density at radius 1 is 1.27 bits per heavy atom. The van der Waals surface area contributed by atoms with Crippen molar-refractivity contribution in [3.63, 3.8) is 0 Å². The maximum absolute atomic E-state index is 12.2. The van der Waals surface area contributed by atoms with Crippen molar-refractivity contribution in [3.8, 4) is 17.2 Å². The fourth-order valence-corrected chi connectivity index (χ4v) is 2.56. The van der Waals surface area contributed by atoms with Gasteiger partial charge in [-0.25, -0.2) is 0 Å². The van der Waals surface area contributed by atoms with Crippen LogP contribution in [0, 0.1) is 0 Å². The van der Waals surface area contributed by atoms with Gasteiger partial charge in [-0.2, -0.15) is 0 Å². The molecule has 0 atom stereocenters. The van der Waals surface area contributed by atoms with Gasteiger partial charge in [-0.05, 0) is 35.9 Å². The van der Waals surface area contributed by atoms with E-state index < -0.39 is 0 Å². The fraction of sp³-hybridized carbons (Fsp3) is 0.118. The Balaban J connectivity index is 1.85. The molecule has 5 heteroatoms. The molecule has 0 spiro atoms. The second kappa shape index (κ2) is 6.23. The minimum absolute atomic E-state index is 0.0714. The highest BCUT2D eigenvalue weighted by atomic mass is 79.9. The molecule has 0 amide bonds. The maximum atomic E-state index is 12.2. The molecule has 112 valence electrons. The summed E-state index contributed by atoms with van der Waals surface area (Å²) in [6.45, 7) is 0.176. The van der Waals surface area contributed by atoms with Crippen LogP contribution in [0.25, 0.3) is 6.08 Å². The Labute approximate surface area is 136 Å². The molecule has 0 radical (unpaired) electrons. The third-order valence-electron chi connectivity index (χ3n) is 3.22. The first kappa shape index (κ1) is 14.7. The van der Waals surface area contributed by atoms with Crippen LogP contribution in [-0.4, -0.2) is 19.7 Å². The van der Waals surface area contributed by atoms with Crippen LogP contribution in [-0.2, 0) is 0 Å². The van der Waals surface area contributed by atoms with Gasteiger partial charge in [0.05, 0.1) is 7.11 Å². The first-order valence-corrected chi connectivity index (χ1v) is 7.42. The van der Waals surface area contributed by atoms with E-state index in [0.717, 1.165) is 10.0 Å². The summed E-state index contributed by atoms with van der Waals surface area (Å²) >= 11 is 3.36. The summed E-state index contributed by atoms with van der Waals surface area (Å²) in [6.07, 6.45) is 3.26. The van der Waals surface area contributed by atoms with E-state index in [1.807, 2.05) is 18.2 Å². The van der Waals surface area contributed by atoms with Crippen molar-refractivity contribution in [2.75, 3.05) is 13.9 Å². The molecule has 0 N–H and O–H groups in total. The Hall–Kier alpha value is -2.27. The Morgan fingerprint density at radius 2 is 2.14 bits per heavy atom. The summed E-state index contributed by atoms with van der Waals surface area (Å²) in [6, 6.07) is 10.9. The number of ketones is 1. The third-order valence-corrected chi connectivity index (χ3v) is 3.71. The van der Waals surface area contributed by atoms with Gasteiger partial charge in [-0.1, -0.05) is 34.1 Å². The molecular formula is C17H13BrO4. The van der Waals surface area contributed by atoms with Crippen molar-refractivity contribution >= 4 is 27.8 Å². The quantitative estimate of drug-likeness (QED) is 0.608. The number of methoxy groups -OCH3 is 1. The number of ether oxygens (including phenoxy) is 3. The standard InChI is InChI=1S/C17H13BrO4/c1-20-15-7-11(8-16-17(15)22-10-21-16)5-6-14(19)12-3-2-4-13(18)9-12/h2-9H,10H2,1H3/b6-5+. The molecular weight excluding hydrogens is 348 g/mol. The van der Waals surface area contributed by atoms with E-state index >= 15 is 0 Å². The minimum Gasteiger partial charge on any atom is -0.493 e. The lowest BCUT2D eigenvalue weighted by atomic mass is 10.1. The largest absolute Gasteiger partial charge is 0.493 e. The van der Waals surface area contributed by atoms with Crippen LogP contribution in [0.2, 0.25) is 0 Å². The van der Waals surface area contributed by atoms with Crippen LogP contribution >= 0.6 is 15.9 Å². The Kier molecular flexibility index (Phi) is 4.15. The van der Waals surface area contributed by atoms with E-state index in [9.17, 15) is 4.79 Å². The van der Waals surface area contributed by atoms with Crippen molar-refractivity contribution in [3.05, 3.63) is 58.1 Å². The second-order valence-corrected chi connectivity index (χ2v) is 5.58. The van der Waals surface area contributed by atoms with Crippen molar-refractivity contribution < 1.29 is 19.0 Å². The summed E-state index contributed by atoms with van der Waals surface area (Å²) in [5.74, 6) is 1.73. The molecule has 1 aliphatic heterocycles. The predicted octanol–water partition coefficient (Wildman–Crippen LogP) is 4.08. The normalized spacial score (nSPS) is 12.6. The molecule has 2 aromatic carbocycles. The summed E-state index contributed by atoms with van der Waals surface area (Å²) in [7, 11) is 1.57. The Morgan fingerprint density at radius 3 is 2.91 bits per heavy atom. The van der Waals surface area contributed by atoms with Gasteiger partial charge >= 0.3 is 0 Å². The van der Waals surface area contributed by atoms with Gasteiger partial charge in [0.1, 0.15) is 0 Å². The number of allylic oxidation sites excluding steroid dienone is 1. The van der Waals surface area contributed by atoms with Gasteiger partial charge in [0.15, 0.2) is 17.3 Å². The molecule has 0 fully saturated rings. The summed E-state index contributed by atoms with van der Waals surface area (Å²) in [4.78, 5) is 12.2. The fourth-order valence-electron chi connectivity index (χ4n) is 2.16. The smallest absolute Gasteiger partial charge is 0.231 e. The van der Waals surface area contributed by atoms with Gasteiger partial charge in [0, 0.05) is 10.0 Å². The number of hydrogen-bond donors (Lipinski definition) is 0. The summed E-state index contributed by atoms with van der Waals surface area (Å²) in [5.41, 5.74) is 1.43. The van der Waals surface area contributed by atoms with Crippen LogP contribution in [0.3, 0.4) is 0 Å². The van der Waals surface area contributed by atoms with Gasteiger partial charge in [0.25, 0.3) is 0 Å². The van der Waals surface area contributed by atoms with E-state index in [2.05, 4.69) is 15.9 Å². The van der Waals surface area contributed by atoms with Gasteiger partial charge in [-0.15, -0.1) is 0 Å². The monoisotopic (exact) mass is 360 g/mol. The number of fused-ring (bicyclic) bond motifs is 1. The predicted molar refractivity (Wildman–Crippen MR) is 86.6 cm³/mol. The molecule has 0 aromatic heterocycles. The molecule has 4 nitrogen and oxygen atoms in total. The number of carbonyl (C=O) groups excluding carboxylic acids is 1. The average molecular weight is 361 g/mol. The maximum Gasteiger partial charge on any atom is 0.231 e. The zero-order chi connectivity index (χ0) is 15.5. The van der Waals surface area contributed by atoms with Crippen LogP contribution in [0.15, 0.2) is 46.9 Å². The van der Waals surface area contributed by atoms with Gasteiger partial charge in [-0.3, -0.25) is 4.79 Å². The molecule has 0 unspecified atom stereocenters. The number of halogens is 1. The molecule has 0 aliphatic carbocycles. The highest BCUT2D eigenvalue weighted by molar-refractivity contribution is 9.10. The highest BCUT2D eigenvalue weighted by Gasteiger charge is 2.19. The molecule has 0 saturated heterocycles. The van der Waals surface area contributed by atoms with Crippen LogP contribution in [0.5, 0.6) is 17.2 Å². The third kappa shape index (κ3) is 2.99. The average Bonchev–Trinajstić information content (AvgIpc) is 3.00. The van der Waals surface area contributed by atoms with Gasteiger partial charge < -0.3 is 14.2 Å². The summed E-state index contributed by atoms with van der Waals surface area (Å²) in [5, 5.41) is 0. The molecule has 22 heavy (non-hydrogen) atoms. The first-order chi connectivity index (χ1) is 10.7. The highest BCUT2D eigenvalue weighted by Crippen LogP contribution is 2.42.